The highest BCUT2D eigenvalue weighted by molar-refractivity contribution is 5.91. The fourth-order valence-corrected chi connectivity index (χ4v) is 1.84. The zero-order chi connectivity index (χ0) is 20.3. The third-order valence-corrected chi connectivity index (χ3v) is 3.31. The number of carbonyl (C=O) groups is 4. The van der Waals surface area contributed by atoms with Gasteiger partial charge in [0.2, 0.25) is 11.8 Å². The standard InChI is InChI=1S/C14H26N6O6/c1-7(13(25)26)19-12(24)9(4-5-10(21)22)20-11(23)8(15)3-2-6-18-14(16)17/h7-9H,2-6,15H2,1H3,(H,19,24)(H,20,23)(H,21,22)(H,25,26)(H4,16,17,18)/t7-,8-,9-/m0/s1. The number of carbonyl (C=O) groups excluding carboxylic acids is 2. The van der Waals surface area contributed by atoms with Gasteiger partial charge in [0.1, 0.15) is 12.1 Å². The van der Waals surface area contributed by atoms with E-state index in [2.05, 4.69) is 15.6 Å². The fourth-order valence-electron chi connectivity index (χ4n) is 1.84. The predicted molar refractivity (Wildman–Crippen MR) is 91.9 cm³/mol. The monoisotopic (exact) mass is 374 g/mol. The number of hydrogen-bond acceptors (Lipinski definition) is 6. The summed E-state index contributed by atoms with van der Waals surface area (Å²) < 4.78 is 0. The van der Waals surface area contributed by atoms with Crippen LogP contribution >= 0.6 is 0 Å². The number of hydrogen-bond donors (Lipinski definition) is 7. The van der Waals surface area contributed by atoms with Gasteiger partial charge in [0.05, 0.1) is 6.04 Å². The maximum atomic E-state index is 12.1. The van der Waals surface area contributed by atoms with Gasteiger partial charge in [-0.05, 0) is 26.2 Å². The Bertz CT molecular complexity index is 548. The molecular weight excluding hydrogens is 348 g/mol. The summed E-state index contributed by atoms with van der Waals surface area (Å²) in [6.45, 7) is 1.52. The molecule has 0 spiro atoms. The first kappa shape index (κ1) is 23.1. The average molecular weight is 374 g/mol. The van der Waals surface area contributed by atoms with E-state index in [-0.39, 0.29) is 31.8 Å². The Balaban J connectivity index is 4.74. The van der Waals surface area contributed by atoms with Gasteiger partial charge in [0, 0.05) is 13.0 Å². The molecule has 0 aromatic carbocycles. The molecule has 0 saturated carbocycles. The van der Waals surface area contributed by atoms with E-state index in [4.69, 9.17) is 27.4 Å². The Morgan fingerprint density at radius 3 is 2.15 bits per heavy atom. The highest BCUT2D eigenvalue weighted by Crippen LogP contribution is 2.02. The molecule has 0 saturated heterocycles. The molecule has 148 valence electrons. The summed E-state index contributed by atoms with van der Waals surface area (Å²) in [5.41, 5.74) is 16.1. The van der Waals surface area contributed by atoms with Crippen molar-refractivity contribution >= 4 is 29.7 Å². The van der Waals surface area contributed by atoms with E-state index >= 15 is 0 Å². The topological polar surface area (TPSA) is 223 Å². The first-order valence-corrected chi connectivity index (χ1v) is 7.91. The van der Waals surface area contributed by atoms with Crippen LogP contribution in [0.5, 0.6) is 0 Å². The molecular formula is C14H26N6O6. The number of nitrogens with one attached hydrogen (secondary N) is 2. The number of amides is 2. The summed E-state index contributed by atoms with van der Waals surface area (Å²) in [5, 5.41) is 22.1. The molecule has 0 aliphatic rings. The second-order valence-corrected chi connectivity index (χ2v) is 5.62. The molecule has 0 heterocycles. The van der Waals surface area contributed by atoms with Crippen molar-refractivity contribution in [1.29, 1.82) is 0 Å². The number of nitrogens with zero attached hydrogens (tertiary/aromatic N) is 1. The molecule has 0 rings (SSSR count). The summed E-state index contributed by atoms with van der Waals surface area (Å²) >= 11 is 0. The minimum atomic E-state index is -1.27. The predicted octanol–water partition coefficient (Wildman–Crippen LogP) is -2.69. The Kier molecular flexibility index (Phi) is 10.3. The Morgan fingerprint density at radius 2 is 1.65 bits per heavy atom. The quantitative estimate of drug-likeness (QED) is 0.107. The molecule has 0 aliphatic carbocycles. The Morgan fingerprint density at radius 1 is 1.04 bits per heavy atom. The van der Waals surface area contributed by atoms with Crippen LogP contribution in [0.15, 0.2) is 4.99 Å². The summed E-state index contributed by atoms with van der Waals surface area (Å²) in [5.74, 6) is -3.98. The summed E-state index contributed by atoms with van der Waals surface area (Å²) in [6, 6.07) is -3.37. The first-order chi connectivity index (χ1) is 12.0. The fraction of sp³-hybridized carbons (Fsp3) is 0.643. The molecule has 0 radical (unpaired) electrons. The summed E-state index contributed by atoms with van der Waals surface area (Å²) in [6.07, 6.45) is 0.0649. The largest absolute Gasteiger partial charge is 0.481 e. The van der Waals surface area contributed by atoms with Crippen molar-refractivity contribution in [3.8, 4) is 0 Å². The highest BCUT2D eigenvalue weighted by atomic mass is 16.4. The number of guanidine groups is 1. The van der Waals surface area contributed by atoms with Crippen LogP contribution in [0.3, 0.4) is 0 Å². The average Bonchev–Trinajstić information content (AvgIpc) is 2.54. The van der Waals surface area contributed by atoms with Gasteiger partial charge in [-0.25, -0.2) is 0 Å². The number of carboxylic acid groups (broad SMARTS) is 2. The summed E-state index contributed by atoms with van der Waals surface area (Å²) in [7, 11) is 0. The lowest BCUT2D eigenvalue weighted by Gasteiger charge is -2.21. The minimum Gasteiger partial charge on any atom is -0.481 e. The minimum absolute atomic E-state index is 0.0824. The van der Waals surface area contributed by atoms with Crippen LogP contribution in [-0.2, 0) is 19.2 Å². The lowest BCUT2D eigenvalue weighted by molar-refractivity contribution is -0.142. The molecule has 3 atom stereocenters. The van der Waals surface area contributed by atoms with Crippen molar-refractivity contribution < 1.29 is 29.4 Å². The van der Waals surface area contributed by atoms with Crippen LogP contribution in [0.4, 0.5) is 0 Å². The van der Waals surface area contributed by atoms with Crippen molar-refractivity contribution in [2.24, 2.45) is 22.2 Å². The molecule has 10 N–H and O–H groups in total. The highest BCUT2D eigenvalue weighted by Gasteiger charge is 2.26. The van der Waals surface area contributed by atoms with Gasteiger partial charge in [-0.2, -0.15) is 0 Å². The van der Waals surface area contributed by atoms with Crippen LogP contribution < -0.4 is 27.8 Å². The molecule has 2 amide bonds. The van der Waals surface area contributed by atoms with E-state index < -0.39 is 41.9 Å². The molecule has 26 heavy (non-hydrogen) atoms. The van der Waals surface area contributed by atoms with Crippen molar-refractivity contribution in [2.45, 2.75) is 50.7 Å². The Hall–Kier alpha value is -2.89. The van der Waals surface area contributed by atoms with E-state index in [0.29, 0.717) is 6.42 Å². The van der Waals surface area contributed by atoms with Gasteiger partial charge in [-0.1, -0.05) is 0 Å². The zero-order valence-electron chi connectivity index (χ0n) is 14.5. The van der Waals surface area contributed by atoms with Gasteiger partial charge in [-0.15, -0.1) is 0 Å². The van der Waals surface area contributed by atoms with Crippen LogP contribution in [0.1, 0.15) is 32.6 Å². The number of rotatable bonds is 12. The molecule has 0 bridgehead atoms. The molecule has 0 aliphatic heterocycles. The molecule has 12 heteroatoms. The zero-order valence-corrected chi connectivity index (χ0v) is 14.5. The number of nitrogens with two attached hydrogens (primary N) is 3. The van der Waals surface area contributed by atoms with Gasteiger partial charge in [0.15, 0.2) is 5.96 Å². The number of aliphatic carboxylic acids is 2. The SMILES string of the molecule is C[C@H](NC(=O)[C@H](CCC(=O)O)NC(=O)[C@@H](N)CCCN=C(N)N)C(=O)O. The van der Waals surface area contributed by atoms with Crippen molar-refractivity contribution in [1.82, 2.24) is 10.6 Å². The van der Waals surface area contributed by atoms with Crippen molar-refractivity contribution in [3.05, 3.63) is 0 Å². The van der Waals surface area contributed by atoms with E-state index in [1.165, 1.54) is 6.92 Å². The van der Waals surface area contributed by atoms with E-state index in [1.807, 2.05) is 0 Å². The smallest absolute Gasteiger partial charge is 0.325 e. The molecule has 0 aromatic rings. The van der Waals surface area contributed by atoms with Crippen molar-refractivity contribution in [3.63, 3.8) is 0 Å². The van der Waals surface area contributed by atoms with Crippen LogP contribution in [-0.4, -0.2) is 64.6 Å². The second kappa shape index (κ2) is 11.6. The van der Waals surface area contributed by atoms with E-state index in [1.54, 1.807) is 0 Å². The lowest BCUT2D eigenvalue weighted by Crippen LogP contribution is -2.54. The van der Waals surface area contributed by atoms with Gasteiger partial charge < -0.3 is 38.0 Å². The molecule has 0 aromatic heterocycles. The van der Waals surface area contributed by atoms with E-state index in [9.17, 15) is 19.2 Å². The maximum absolute atomic E-state index is 12.1. The number of aliphatic imine (C=N–C) groups is 1. The number of carboxylic acids is 2. The molecule has 0 fully saturated rings. The van der Waals surface area contributed by atoms with Gasteiger partial charge in [-0.3, -0.25) is 24.2 Å². The lowest BCUT2D eigenvalue weighted by atomic mass is 10.1. The maximum Gasteiger partial charge on any atom is 0.325 e. The third-order valence-electron chi connectivity index (χ3n) is 3.31. The normalized spacial score (nSPS) is 13.8. The molecule has 0 unspecified atom stereocenters. The molecule has 12 nitrogen and oxygen atoms in total. The van der Waals surface area contributed by atoms with Crippen LogP contribution in [0.25, 0.3) is 0 Å². The van der Waals surface area contributed by atoms with E-state index in [0.717, 1.165) is 0 Å². The van der Waals surface area contributed by atoms with Crippen LogP contribution in [0, 0.1) is 0 Å². The van der Waals surface area contributed by atoms with Gasteiger partial charge in [0.25, 0.3) is 0 Å². The first-order valence-electron chi connectivity index (χ1n) is 7.91. The van der Waals surface area contributed by atoms with Crippen LogP contribution in [0.2, 0.25) is 0 Å². The Labute approximate surface area is 150 Å². The third kappa shape index (κ3) is 10.1. The second-order valence-electron chi connectivity index (χ2n) is 5.62. The summed E-state index contributed by atoms with van der Waals surface area (Å²) in [4.78, 5) is 49.4. The van der Waals surface area contributed by atoms with Crippen molar-refractivity contribution in [2.75, 3.05) is 6.54 Å². The van der Waals surface area contributed by atoms with Gasteiger partial charge >= 0.3 is 11.9 Å².